The molecule has 0 amide bonds. The van der Waals surface area contributed by atoms with Gasteiger partial charge in [0.2, 0.25) is 0 Å². The molecule has 0 heterocycles. The third-order valence-electron chi connectivity index (χ3n) is 3.59. The Hall–Kier alpha value is -0.830. The minimum atomic E-state index is 0.000407. The molecule has 94 valence electrons. The van der Waals surface area contributed by atoms with Gasteiger partial charge in [0.05, 0.1) is 0 Å². The molecule has 3 rings (SSSR count). The van der Waals surface area contributed by atoms with Crippen LogP contribution in [0.1, 0.15) is 36.5 Å². The third-order valence-corrected chi connectivity index (χ3v) is 6.22. The van der Waals surface area contributed by atoms with Gasteiger partial charge in [-0.2, -0.15) is 0 Å². The molecular weight excluding hydrogens is 331 g/mol. The monoisotopic (exact) mass is 349 g/mol. The quantitative estimate of drug-likeness (QED) is 0.727. The topological polar surface area (TPSA) is 0 Å². The number of hydrogen-bond acceptors (Lipinski definition) is 0. The predicted octanol–water partition coefficient (Wildman–Crippen LogP) is 1.04. The van der Waals surface area contributed by atoms with Crippen LogP contribution in [-0.2, 0) is 12.8 Å². The van der Waals surface area contributed by atoms with E-state index in [1.165, 1.54) is 22.0 Å². The average Bonchev–Trinajstić information content (AvgIpc) is 2.33. The summed E-state index contributed by atoms with van der Waals surface area (Å²) in [5.74, 6) is 0.633. The Kier molecular flexibility index (Phi) is 3.42. The summed E-state index contributed by atoms with van der Waals surface area (Å²) in [5.41, 5.74) is 4.60. The summed E-state index contributed by atoms with van der Waals surface area (Å²) in [7, 11) is 0. The summed E-state index contributed by atoms with van der Waals surface area (Å²) in [4.78, 5) is 0. The first-order valence-electron chi connectivity index (χ1n) is 6.59. The Labute approximate surface area is 120 Å². The van der Waals surface area contributed by atoms with Gasteiger partial charge in [-0.15, -0.1) is 0 Å². The van der Waals surface area contributed by atoms with Gasteiger partial charge in [0.15, 0.2) is 0 Å². The SMILES string of the molecule is CC(C)c1ccc([I-]c2ccc3c(c2)CC3)cc1. The summed E-state index contributed by atoms with van der Waals surface area (Å²) >= 11 is 0.000407. The molecule has 1 heteroatoms. The van der Waals surface area contributed by atoms with Crippen LogP contribution in [0.15, 0.2) is 42.5 Å². The molecule has 0 aliphatic heterocycles. The second-order valence-electron chi connectivity index (χ2n) is 5.21. The molecule has 2 aromatic carbocycles. The molecule has 1 aliphatic rings. The molecule has 0 saturated heterocycles. The summed E-state index contributed by atoms with van der Waals surface area (Å²) in [6, 6.07) is 16.3. The molecule has 0 N–H and O–H groups in total. The number of benzene rings is 2. The first-order chi connectivity index (χ1) is 8.72. The van der Waals surface area contributed by atoms with Crippen LogP contribution in [0.3, 0.4) is 0 Å². The van der Waals surface area contributed by atoms with Gasteiger partial charge in [0.25, 0.3) is 0 Å². The second kappa shape index (κ2) is 5.04. The van der Waals surface area contributed by atoms with Gasteiger partial charge in [-0.1, -0.05) is 0 Å². The standard InChI is InChI=1S/C17H18I/c1-12(2)13-5-8-16(9-6-13)18-17-10-7-14-3-4-15(14)11-17/h5-12H,3-4H2,1-2H3/q-1. The van der Waals surface area contributed by atoms with Crippen molar-refractivity contribution in [2.24, 2.45) is 0 Å². The molecular formula is C17H18I-. The van der Waals surface area contributed by atoms with Crippen molar-refractivity contribution in [3.8, 4) is 0 Å². The number of halogens is 1. The van der Waals surface area contributed by atoms with E-state index < -0.39 is 0 Å². The molecule has 0 aromatic heterocycles. The molecule has 18 heavy (non-hydrogen) atoms. The Morgan fingerprint density at radius 1 is 0.833 bits per heavy atom. The molecule has 0 nitrogen and oxygen atoms in total. The van der Waals surface area contributed by atoms with Crippen molar-refractivity contribution in [2.45, 2.75) is 32.6 Å². The van der Waals surface area contributed by atoms with Crippen molar-refractivity contribution in [1.82, 2.24) is 0 Å². The Morgan fingerprint density at radius 2 is 1.50 bits per heavy atom. The van der Waals surface area contributed by atoms with Crippen LogP contribution in [0.25, 0.3) is 0 Å². The van der Waals surface area contributed by atoms with Crippen LogP contribution in [-0.4, -0.2) is 0 Å². The zero-order valence-electron chi connectivity index (χ0n) is 10.9. The van der Waals surface area contributed by atoms with Crippen molar-refractivity contribution >= 4 is 0 Å². The molecule has 1 aliphatic carbocycles. The van der Waals surface area contributed by atoms with Gasteiger partial charge in [-0.3, -0.25) is 0 Å². The van der Waals surface area contributed by atoms with E-state index in [0.29, 0.717) is 5.92 Å². The molecule has 0 radical (unpaired) electrons. The fraction of sp³-hybridized carbons (Fsp3) is 0.294. The minimum absolute atomic E-state index is 0.000407. The van der Waals surface area contributed by atoms with E-state index in [0.717, 1.165) is 0 Å². The first kappa shape index (κ1) is 12.2. The van der Waals surface area contributed by atoms with E-state index in [2.05, 4.69) is 56.3 Å². The number of fused-ring (bicyclic) bond motifs is 1. The number of aryl methyl sites for hydroxylation is 2. The number of hydrogen-bond donors (Lipinski definition) is 0. The molecule has 0 saturated carbocycles. The first-order valence-corrected chi connectivity index (χ1v) is 8.75. The van der Waals surface area contributed by atoms with E-state index in [1.807, 2.05) is 0 Å². The van der Waals surface area contributed by atoms with Crippen molar-refractivity contribution in [3.63, 3.8) is 0 Å². The van der Waals surface area contributed by atoms with Gasteiger partial charge in [-0.25, -0.2) is 0 Å². The van der Waals surface area contributed by atoms with Crippen LogP contribution < -0.4 is 21.2 Å². The van der Waals surface area contributed by atoms with Crippen molar-refractivity contribution < 1.29 is 21.2 Å². The Balaban J connectivity index is 1.77. The summed E-state index contributed by atoms with van der Waals surface area (Å²) < 4.78 is 3.09. The Morgan fingerprint density at radius 3 is 2.06 bits per heavy atom. The van der Waals surface area contributed by atoms with Crippen molar-refractivity contribution in [3.05, 3.63) is 66.3 Å². The Bertz CT molecular complexity index is 552. The summed E-state index contributed by atoms with van der Waals surface area (Å²) in [6.07, 6.45) is 2.58. The fourth-order valence-corrected chi connectivity index (χ4v) is 4.59. The van der Waals surface area contributed by atoms with Gasteiger partial charge >= 0.3 is 120 Å². The van der Waals surface area contributed by atoms with Crippen LogP contribution in [0, 0.1) is 7.14 Å². The number of rotatable bonds is 3. The van der Waals surface area contributed by atoms with Crippen LogP contribution >= 0.6 is 0 Å². The summed E-state index contributed by atoms with van der Waals surface area (Å²) in [5, 5.41) is 0. The van der Waals surface area contributed by atoms with Crippen LogP contribution in [0.4, 0.5) is 0 Å². The van der Waals surface area contributed by atoms with Gasteiger partial charge < -0.3 is 0 Å². The molecule has 0 spiro atoms. The second-order valence-corrected chi connectivity index (χ2v) is 8.24. The third kappa shape index (κ3) is 2.46. The maximum absolute atomic E-state index is 2.43. The van der Waals surface area contributed by atoms with E-state index in [1.54, 1.807) is 14.7 Å². The van der Waals surface area contributed by atoms with Crippen LogP contribution in [0.2, 0.25) is 0 Å². The zero-order chi connectivity index (χ0) is 12.5. The van der Waals surface area contributed by atoms with E-state index in [9.17, 15) is 0 Å². The van der Waals surface area contributed by atoms with Crippen molar-refractivity contribution in [2.75, 3.05) is 0 Å². The normalized spacial score (nSPS) is 13.5. The van der Waals surface area contributed by atoms with Gasteiger partial charge in [0, 0.05) is 0 Å². The van der Waals surface area contributed by atoms with Gasteiger partial charge in [0.1, 0.15) is 0 Å². The molecule has 0 fully saturated rings. The zero-order valence-corrected chi connectivity index (χ0v) is 13.1. The maximum atomic E-state index is 2.43. The van der Waals surface area contributed by atoms with Crippen LogP contribution in [0.5, 0.6) is 0 Å². The average molecular weight is 349 g/mol. The van der Waals surface area contributed by atoms with E-state index >= 15 is 0 Å². The van der Waals surface area contributed by atoms with Crippen molar-refractivity contribution in [1.29, 1.82) is 0 Å². The van der Waals surface area contributed by atoms with Gasteiger partial charge in [-0.05, 0) is 0 Å². The van der Waals surface area contributed by atoms with E-state index in [-0.39, 0.29) is 21.2 Å². The molecule has 2 aromatic rings. The fourth-order valence-electron chi connectivity index (χ4n) is 2.26. The molecule has 0 atom stereocenters. The predicted molar refractivity (Wildman–Crippen MR) is 71.8 cm³/mol. The molecule has 0 unspecified atom stereocenters. The van der Waals surface area contributed by atoms with E-state index in [4.69, 9.17) is 0 Å². The summed E-state index contributed by atoms with van der Waals surface area (Å²) in [6.45, 7) is 4.50. The molecule has 0 bridgehead atoms.